The van der Waals surface area contributed by atoms with Crippen LogP contribution in [0, 0.1) is 0 Å². The van der Waals surface area contributed by atoms with Gasteiger partial charge >= 0.3 is 0 Å². The first-order chi connectivity index (χ1) is 19.9. The van der Waals surface area contributed by atoms with Crippen LogP contribution in [-0.4, -0.2) is 151 Å². The smallest absolute Gasteiger partial charge is 0.251 e. The highest BCUT2D eigenvalue weighted by atomic mass is 16.7. The molecule has 0 radical (unpaired) electrons. The second-order valence-electron chi connectivity index (χ2n) is 10.6. The number of aliphatic hydroxyl groups excluding tert-OH is 5. The second-order valence-corrected chi connectivity index (χ2v) is 10.6. The predicted molar refractivity (Wildman–Crippen MR) is 152 cm³/mol. The van der Waals surface area contributed by atoms with Crippen molar-refractivity contribution >= 4 is 5.91 Å². The van der Waals surface area contributed by atoms with E-state index in [1.165, 1.54) is 21.1 Å². The average molecular weight is 612 g/mol. The molecule has 2 heterocycles. The van der Waals surface area contributed by atoms with Gasteiger partial charge in [0.25, 0.3) is 5.91 Å². The van der Waals surface area contributed by atoms with Gasteiger partial charge in [0.05, 0.1) is 38.0 Å². The summed E-state index contributed by atoms with van der Waals surface area (Å²) in [6.45, 7) is 3.51. The number of nitrogens with one attached hydrogen (secondary N) is 2. The number of ether oxygens (including phenoxy) is 4. The van der Waals surface area contributed by atoms with E-state index in [1.54, 1.807) is 0 Å². The number of carbonyl (C=O) groups excluding carboxylic acids is 1. The van der Waals surface area contributed by atoms with Gasteiger partial charge in [-0.05, 0) is 39.3 Å². The summed E-state index contributed by atoms with van der Waals surface area (Å²) in [4.78, 5) is 12.3. The number of allylic oxidation sites excluding steroid dienone is 1. The SMILES string of the molecule is CN.CO[C@@H]1C(N)CC(NC(=O)C(O)C(O)CN)[C@H](OC2OC[C@](C)(O)CC2O)C1O.OCCNCC1=CCCCO1. The number of hydrogen-bond donors (Lipinski definition) is 11. The van der Waals surface area contributed by atoms with Gasteiger partial charge in [-0.1, -0.05) is 0 Å². The molecular formula is C26H53N5O11. The molecule has 42 heavy (non-hydrogen) atoms. The first-order valence-corrected chi connectivity index (χ1v) is 14.2. The van der Waals surface area contributed by atoms with Crippen molar-refractivity contribution < 1.29 is 54.4 Å². The van der Waals surface area contributed by atoms with Crippen molar-refractivity contribution in [3.63, 3.8) is 0 Å². The fraction of sp³-hybridized carbons (Fsp3) is 0.885. The Labute approximate surface area is 247 Å². The highest BCUT2D eigenvalue weighted by Crippen LogP contribution is 2.30. The van der Waals surface area contributed by atoms with Crippen molar-refractivity contribution in [1.29, 1.82) is 0 Å². The Morgan fingerprint density at radius 1 is 1.26 bits per heavy atom. The molecule has 16 nitrogen and oxygen atoms in total. The zero-order valence-corrected chi connectivity index (χ0v) is 24.8. The summed E-state index contributed by atoms with van der Waals surface area (Å²) in [5.41, 5.74) is 14.6. The van der Waals surface area contributed by atoms with Crippen LogP contribution in [0.15, 0.2) is 11.8 Å². The van der Waals surface area contributed by atoms with Crippen LogP contribution in [0.2, 0.25) is 0 Å². The number of nitrogens with two attached hydrogens (primary N) is 3. The minimum absolute atomic E-state index is 0.00780. The molecule has 0 aromatic heterocycles. The fourth-order valence-corrected chi connectivity index (χ4v) is 4.73. The van der Waals surface area contributed by atoms with E-state index in [1.807, 2.05) is 0 Å². The number of rotatable bonds is 11. The number of amides is 1. The second kappa shape index (κ2) is 19.7. The van der Waals surface area contributed by atoms with E-state index in [0.717, 1.165) is 31.8 Å². The van der Waals surface area contributed by atoms with Gasteiger partial charge in [-0.25, -0.2) is 0 Å². The molecule has 3 rings (SSSR count). The lowest BCUT2D eigenvalue weighted by Gasteiger charge is -2.46. The van der Waals surface area contributed by atoms with E-state index < -0.39 is 66.5 Å². The molecule has 0 spiro atoms. The van der Waals surface area contributed by atoms with Gasteiger partial charge in [-0.15, -0.1) is 0 Å². The fourth-order valence-electron chi connectivity index (χ4n) is 4.73. The van der Waals surface area contributed by atoms with Crippen LogP contribution in [0.1, 0.15) is 32.6 Å². The van der Waals surface area contributed by atoms with E-state index in [9.17, 15) is 30.3 Å². The van der Waals surface area contributed by atoms with Gasteiger partial charge in [-0.2, -0.15) is 0 Å². The average Bonchev–Trinajstić information content (AvgIpc) is 2.97. The summed E-state index contributed by atoms with van der Waals surface area (Å²) in [5, 5.41) is 64.4. The van der Waals surface area contributed by atoms with Crippen LogP contribution < -0.4 is 27.8 Å². The van der Waals surface area contributed by atoms with Crippen LogP contribution in [0.25, 0.3) is 0 Å². The topological polar surface area (TPSA) is 277 Å². The van der Waals surface area contributed by atoms with Crippen molar-refractivity contribution in [3.05, 3.63) is 11.8 Å². The minimum atomic E-state index is -1.78. The van der Waals surface area contributed by atoms with Crippen molar-refractivity contribution in [2.75, 3.05) is 53.6 Å². The molecule has 7 unspecified atom stereocenters. The monoisotopic (exact) mass is 611 g/mol. The molecule has 2 aliphatic heterocycles. The highest BCUT2D eigenvalue weighted by molar-refractivity contribution is 5.81. The third-order valence-electron chi connectivity index (χ3n) is 6.90. The van der Waals surface area contributed by atoms with Gasteiger partial charge < -0.3 is 77.4 Å². The molecular weight excluding hydrogens is 558 g/mol. The summed E-state index contributed by atoms with van der Waals surface area (Å²) in [5.74, 6) is 0.106. The summed E-state index contributed by atoms with van der Waals surface area (Å²) >= 11 is 0. The molecule has 10 atom stereocenters. The third-order valence-corrected chi connectivity index (χ3v) is 6.90. The molecule has 1 saturated carbocycles. The number of aliphatic hydroxyl groups is 6. The number of methoxy groups -OCH3 is 1. The summed E-state index contributed by atoms with van der Waals surface area (Å²) < 4.78 is 21.7. The van der Waals surface area contributed by atoms with Gasteiger partial charge in [-0.3, -0.25) is 4.79 Å². The largest absolute Gasteiger partial charge is 0.497 e. The van der Waals surface area contributed by atoms with Gasteiger partial charge in [0.1, 0.15) is 36.3 Å². The van der Waals surface area contributed by atoms with Crippen molar-refractivity contribution in [2.45, 2.75) is 93.2 Å². The quantitative estimate of drug-likeness (QED) is 0.0980. The molecule has 1 aliphatic carbocycles. The minimum Gasteiger partial charge on any atom is -0.497 e. The maximum Gasteiger partial charge on any atom is 0.251 e. The molecule has 2 fully saturated rings. The molecule has 1 saturated heterocycles. The lowest BCUT2D eigenvalue weighted by molar-refractivity contribution is -0.290. The van der Waals surface area contributed by atoms with E-state index >= 15 is 0 Å². The third kappa shape index (κ3) is 12.2. The molecule has 16 heteroatoms. The van der Waals surface area contributed by atoms with Crippen LogP contribution in [0.4, 0.5) is 0 Å². The van der Waals surface area contributed by atoms with Crippen LogP contribution >= 0.6 is 0 Å². The van der Waals surface area contributed by atoms with Gasteiger partial charge in [0.2, 0.25) is 0 Å². The summed E-state index contributed by atoms with van der Waals surface area (Å²) in [7, 11) is 2.87. The molecule has 0 aromatic carbocycles. The van der Waals surface area contributed by atoms with Crippen molar-refractivity contribution in [1.82, 2.24) is 10.6 Å². The van der Waals surface area contributed by atoms with Gasteiger partial charge in [0, 0.05) is 32.7 Å². The Balaban J connectivity index is 0.000000564. The zero-order valence-electron chi connectivity index (χ0n) is 24.8. The summed E-state index contributed by atoms with van der Waals surface area (Å²) in [6.07, 6.45) is -4.31. The Morgan fingerprint density at radius 3 is 2.50 bits per heavy atom. The number of carbonyl (C=O) groups is 1. The molecule has 14 N–H and O–H groups in total. The summed E-state index contributed by atoms with van der Waals surface area (Å²) in [6, 6.07) is -1.54. The molecule has 0 bridgehead atoms. The standard InChI is InChI=1S/C17H33N3O9.C8H15NO2.CH5N/c1-17(26)4-9(21)16(28-6-17)29-14-8(3-7(19)13(27-2)12(14)24)20-15(25)11(23)10(22)5-18;10-5-4-9-7-8-3-1-2-6-11-8;1-2/h7-14,16,21-24,26H,3-6,18-19H2,1-2H3,(H,20,25);3,9-10H,1-2,4-7H2;2H2,1H3/t7?,8?,9?,10?,11?,12?,13-,14+,16?,17-;;/m1../s1. The van der Waals surface area contributed by atoms with E-state index in [2.05, 4.69) is 22.4 Å². The Kier molecular flexibility index (Phi) is 18.1. The van der Waals surface area contributed by atoms with Crippen molar-refractivity contribution in [2.24, 2.45) is 17.2 Å². The van der Waals surface area contributed by atoms with E-state index in [0.29, 0.717) is 6.54 Å². The van der Waals surface area contributed by atoms with E-state index in [4.69, 9.17) is 35.5 Å². The van der Waals surface area contributed by atoms with Gasteiger partial charge in [0.15, 0.2) is 12.4 Å². The molecule has 3 aliphatic rings. The maximum atomic E-state index is 12.3. The number of hydrogen-bond acceptors (Lipinski definition) is 15. The highest BCUT2D eigenvalue weighted by Gasteiger charge is 2.48. The van der Waals surface area contributed by atoms with Crippen LogP contribution in [-0.2, 0) is 23.7 Å². The predicted octanol–water partition coefficient (Wildman–Crippen LogP) is -4.66. The van der Waals surface area contributed by atoms with Crippen LogP contribution in [0.3, 0.4) is 0 Å². The Morgan fingerprint density at radius 2 is 1.95 bits per heavy atom. The van der Waals surface area contributed by atoms with E-state index in [-0.39, 0.29) is 32.6 Å². The Hall–Kier alpha value is -1.51. The van der Waals surface area contributed by atoms with Crippen LogP contribution in [0.5, 0.6) is 0 Å². The molecule has 1 amide bonds. The normalized spacial score (nSPS) is 34.3. The lowest BCUT2D eigenvalue weighted by atomic mass is 9.83. The Bertz CT molecular complexity index is 794. The first kappa shape index (κ1) is 38.5. The van der Waals surface area contributed by atoms with Crippen molar-refractivity contribution in [3.8, 4) is 0 Å². The lowest BCUT2D eigenvalue weighted by Crippen LogP contribution is -2.66. The maximum absolute atomic E-state index is 12.3. The molecule has 0 aromatic rings. The molecule has 248 valence electrons. The first-order valence-electron chi connectivity index (χ1n) is 14.2. The zero-order chi connectivity index (χ0) is 31.9.